The van der Waals surface area contributed by atoms with E-state index >= 15 is 0 Å². The number of benzene rings is 1. The largest absolute Gasteiger partial charge is 0.372 e. The van der Waals surface area contributed by atoms with Crippen molar-refractivity contribution in [2.75, 3.05) is 18.0 Å². The molecule has 0 N–H and O–H groups in total. The number of alkyl halides is 1. The maximum atomic E-state index is 3.56. The molecule has 0 saturated carbocycles. The third-order valence-corrected chi connectivity index (χ3v) is 5.39. The maximum absolute atomic E-state index is 3.56. The van der Waals surface area contributed by atoms with Crippen LogP contribution >= 0.6 is 15.9 Å². The quantitative estimate of drug-likeness (QED) is 0.640. The number of halogens is 1. The van der Waals surface area contributed by atoms with Crippen LogP contribution < -0.4 is 4.90 Å². The van der Waals surface area contributed by atoms with Gasteiger partial charge < -0.3 is 4.90 Å². The molecule has 0 aliphatic carbocycles. The molecule has 0 spiro atoms. The van der Waals surface area contributed by atoms with Crippen LogP contribution in [0.3, 0.4) is 0 Å². The summed E-state index contributed by atoms with van der Waals surface area (Å²) in [5.74, 6) is 0.857. The second-order valence-corrected chi connectivity index (χ2v) is 7.79. The second kappa shape index (κ2) is 6.51. The summed E-state index contributed by atoms with van der Waals surface area (Å²) in [7, 11) is 0. The molecule has 112 valence electrons. The first-order valence-corrected chi connectivity index (χ1v) is 8.94. The molecule has 1 aliphatic rings. The van der Waals surface area contributed by atoms with Gasteiger partial charge in [0.25, 0.3) is 0 Å². The molecule has 20 heavy (non-hydrogen) atoms. The van der Waals surface area contributed by atoms with Gasteiger partial charge in [0.05, 0.1) is 0 Å². The van der Waals surface area contributed by atoms with Crippen molar-refractivity contribution < 1.29 is 0 Å². The second-order valence-electron chi connectivity index (χ2n) is 7.23. The lowest BCUT2D eigenvalue weighted by Gasteiger charge is -2.30. The number of anilines is 1. The minimum Gasteiger partial charge on any atom is -0.372 e. The van der Waals surface area contributed by atoms with Gasteiger partial charge in [-0.25, -0.2) is 0 Å². The average Bonchev–Trinajstić information content (AvgIpc) is 2.63. The number of rotatable bonds is 2. The molecule has 1 unspecified atom stereocenters. The number of aryl methyl sites for hydroxylation is 1. The van der Waals surface area contributed by atoms with Crippen molar-refractivity contribution >= 4 is 21.6 Å². The van der Waals surface area contributed by atoms with Crippen LogP contribution in [0.4, 0.5) is 5.69 Å². The summed E-state index contributed by atoms with van der Waals surface area (Å²) in [5, 5.41) is 0.950. The Labute approximate surface area is 132 Å². The number of hydrogen-bond donors (Lipinski definition) is 0. The van der Waals surface area contributed by atoms with Crippen molar-refractivity contribution in [2.45, 2.75) is 52.3 Å². The topological polar surface area (TPSA) is 3.24 Å². The van der Waals surface area contributed by atoms with Gasteiger partial charge in [-0.3, -0.25) is 0 Å². The van der Waals surface area contributed by atoms with E-state index in [0.29, 0.717) is 5.41 Å². The Balaban J connectivity index is 2.09. The molecule has 1 nitrogen and oxygen atoms in total. The third kappa shape index (κ3) is 3.78. The Morgan fingerprint density at radius 2 is 1.95 bits per heavy atom. The first-order valence-electron chi connectivity index (χ1n) is 7.82. The molecular formula is C18H28BrN. The fourth-order valence-electron chi connectivity index (χ4n) is 3.25. The molecule has 2 heteroatoms. The molecule has 0 aromatic heterocycles. The smallest absolute Gasteiger partial charge is 0.0369 e. The summed E-state index contributed by atoms with van der Waals surface area (Å²) in [6.07, 6.45) is 4.02. The Morgan fingerprint density at radius 3 is 2.55 bits per heavy atom. The molecule has 0 radical (unpaired) electrons. The minimum absolute atomic E-state index is 0.450. The highest BCUT2D eigenvalue weighted by Gasteiger charge is 2.27. The molecule has 1 fully saturated rings. The van der Waals surface area contributed by atoms with Gasteiger partial charge in [-0.15, -0.1) is 0 Å². The van der Waals surface area contributed by atoms with Gasteiger partial charge in [0, 0.05) is 24.1 Å². The van der Waals surface area contributed by atoms with Crippen molar-refractivity contribution in [3.63, 3.8) is 0 Å². The van der Waals surface area contributed by atoms with Crippen LogP contribution in [-0.4, -0.2) is 13.1 Å². The summed E-state index contributed by atoms with van der Waals surface area (Å²) in [5.41, 5.74) is 4.65. The van der Waals surface area contributed by atoms with Gasteiger partial charge >= 0.3 is 0 Å². The molecule has 1 atom stereocenters. The molecular weight excluding hydrogens is 310 g/mol. The fourth-order valence-corrected chi connectivity index (χ4v) is 3.88. The van der Waals surface area contributed by atoms with E-state index in [1.807, 2.05) is 0 Å². The zero-order valence-corrected chi connectivity index (χ0v) is 15.0. The summed E-state index contributed by atoms with van der Waals surface area (Å²) in [4.78, 5) is 2.58. The molecule has 1 aliphatic heterocycles. The average molecular weight is 338 g/mol. The van der Waals surface area contributed by atoms with Gasteiger partial charge in [-0.1, -0.05) is 42.8 Å². The first-order chi connectivity index (χ1) is 9.41. The van der Waals surface area contributed by atoms with E-state index in [1.54, 1.807) is 0 Å². The molecule has 2 rings (SSSR count). The lowest BCUT2D eigenvalue weighted by molar-refractivity contribution is 0.220. The van der Waals surface area contributed by atoms with Crippen LogP contribution in [0.2, 0.25) is 0 Å². The van der Waals surface area contributed by atoms with E-state index in [1.165, 1.54) is 49.2 Å². The summed E-state index contributed by atoms with van der Waals surface area (Å²) >= 11 is 3.56. The van der Waals surface area contributed by atoms with Crippen LogP contribution in [-0.2, 0) is 5.33 Å². The molecule has 1 aromatic rings. The van der Waals surface area contributed by atoms with Crippen LogP contribution in [0, 0.1) is 18.3 Å². The van der Waals surface area contributed by atoms with Crippen molar-refractivity contribution in [3.05, 3.63) is 29.3 Å². The van der Waals surface area contributed by atoms with Gasteiger partial charge in [0.2, 0.25) is 0 Å². The van der Waals surface area contributed by atoms with Crippen LogP contribution in [0.5, 0.6) is 0 Å². The van der Waals surface area contributed by atoms with Crippen molar-refractivity contribution in [3.8, 4) is 0 Å². The lowest BCUT2D eigenvalue weighted by Crippen LogP contribution is -2.26. The Morgan fingerprint density at radius 1 is 1.20 bits per heavy atom. The Bertz CT molecular complexity index is 447. The lowest BCUT2D eigenvalue weighted by atomic mass is 9.77. The van der Waals surface area contributed by atoms with E-state index in [9.17, 15) is 0 Å². The van der Waals surface area contributed by atoms with Crippen LogP contribution in [0.25, 0.3) is 0 Å². The molecule has 1 heterocycles. The van der Waals surface area contributed by atoms with E-state index in [0.717, 1.165) is 11.2 Å². The molecule has 0 bridgehead atoms. The van der Waals surface area contributed by atoms with Crippen molar-refractivity contribution in [1.82, 2.24) is 0 Å². The summed E-state index contributed by atoms with van der Waals surface area (Å²) in [6.45, 7) is 11.8. The Hall–Kier alpha value is -0.500. The van der Waals surface area contributed by atoms with Gasteiger partial charge in [-0.05, 0) is 60.8 Å². The zero-order valence-electron chi connectivity index (χ0n) is 13.4. The van der Waals surface area contributed by atoms with E-state index in [2.05, 4.69) is 66.7 Å². The maximum Gasteiger partial charge on any atom is 0.0369 e. The van der Waals surface area contributed by atoms with Crippen LogP contribution in [0.1, 0.15) is 51.2 Å². The fraction of sp³-hybridized carbons (Fsp3) is 0.667. The van der Waals surface area contributed by atoms with E-state index in [4.69, 9.17) is 0 Å². The number of hydrogen-bond acceptors (Lipinski definition) is 1. The predicted octanol–water partition coefficient (Wildman–Crippen LogP) is 5.54. The summed E-state index contributed by atoms with van der Waals surface area (Å²) < 4.78 is 0. The first kappa shape index (κ1) is 15.9. The SMILES string of the molecule is Cc1cc(N2CCCC(C(C)(C)C)CC2)ccc1CBr. The van der Waals surface area contributed by atoms with Crippen LogP contribution in [0.15, 0.2) is 18.2 Å². The van der Waals surface area contributed by atoms with E-state index < -0.39 is 0 Å². The summed E-state index contributed by atoms with van der Waals surface area (Å²) in [6, 6.07) is 6.92. The molecule has 1 aromatic carbocycles. The highest BCUT2D eigenvalue weighted by Crippen LogP contribution is 2.35. The van der Waals surface area contributed by atoms with E-state index in [-0.39, 0.29) is 0 Å². The van der Waals surface area contributed by atoms with Gasteiger partial charge in [0.15, 0.2) is 0 Å². The Kier molecular flexibility index (Phi) is 5.17. The molecule has 0 amide bonds. The standard InChI is InChI=1S/C18H28BrN/c1-14-12-17(8-7-15(14)13-19)20-10-5-6-16(9-11-20)18(2,3)4/h7-8,12,16H,5-6,9-11,13H2,1-4H3. The normalized spacial score (nSPS) is 20.9. The zero-order chi connectivity index (χ0) is 14.8. The van der Waals surface area contributed by atoms with Gasteiger partial charge in [-0.2, -0.15) is 0 Å². The predicted molar refractivity (Wildman–Crippen MR) is 92.8 cm³/mol. The number of nitrogens with zero attached hydrogens (tertiary/aromatic N) is 1. The molecule has 1 saturated heterocycles. The van der Waals surface area contributed by atoms with Crippen molar-refractivity contribution in [1.29, 1.82) is 0 Å². The highest BCUT2D eigenvalue weighted by molar-refractivity contribution is 9.08. The minimum atomic E-state index is 0.450. The monoisotopic (exact) mass is 337 g/mol. The third-order valence-electron chi connectivity index (χ3n) is 4.79. The van der Waals surface area contributed by atoms with Gasteiger partial charge in [0.1, 0.15) is 0 Å². The highest BCUT2D eigenvalue weighted by atomic mass is 79.9. The van der Waals surface area contributed by atoms with Crippen molar-refractivity contribution in [2.24, 2.45) is 11.3 Å².